The molecule has 1 aliphatic carbocycles. The number of sulfonamides is 1. The highest BCUT2D eigenvalue weighted by molar-refractivity contribution is 7.89. The van der Waals surface area contributed by atoms with Crippen LogP contribution in [0.1, 0.15) is 39.0 Å². The van der Waals surface area contributed by atoms with Gasteiger partial charge in [-0.05, 0) is 31.6 Å². The molecule has 1 fully saturated rings. The van der Waals surface area contributed by atoms with Gasteiger partial charge >= 0.3 is 0 Å². The second-order valence-corrected chi connectivity index (χ2v) is 7.18. The minimum Gasteiger partial charge on any atom is -0.274 e. The lowest BCUT2D eigenvalue weighted by Gasteiger charge is -2.34. The zero-order valence-electron chi connectivity index (χ0n) is 11.8. The van der Waals surface area contributed by atoms with Crippen LogP contribution < -0.4 is 4.72 Å². The van der Waals surface area contributed by atoms with E-state index in [-0.39, 0.29) is 4.90 Å². The molecule has 1 saturated carbocycles. The molecule has 0 saturated heterocycles. The third-order valence-electron chi connectivity index (χ3n) is 4.07. The Morgan fingerprint density at radius 3 is 2.65 bits per heavy atom. The van der Waals surface area contributed by atoms with Crippen molar-refractivity contribution in [3.8, 4) is 6.07 Å². The molecule has 20 heavy (non-hydrogen) atoms. The van der Waals surface area contributed by atoms with Crippen molar-refractivity contribution in [3.63, 3.8) is 0 Å². The molecule has 0 amide bonds. The maximum Gasteiger partial charge on any atom is 0.245 e. The lowest BCUT2D eigenvalue weighted by atomic mass is 9.77. The number of aromatic nitrogens is 2. The van der Waals surface area contributed by atoms with Gasteiger partial charge in [0.2, 0.25) is 10.0 Å². The molecular weight excluding hydrogens is 276 g/mol. The minimum absolute atomic E-state index is 0.104. The van der Waals surface area contributed by atoms with Gasteiger partial charge in [0.1, 0.15) is 10.4 Å². The van der Waals surface area contributed by atoms with E-state index in [0.29, 0.717) is 18.8 Å². The van der Waals surface area contributed by atoms with Gasteiger partial charge < -0.3 is 0 Å². The maximum atomic E-state index is 12.3. The van der Waals surface area contributed by atoms with Crippen LogP contribution in [0.25, 0.3) is 0 Å². The third-order valence-corrected chi connectivity index (χ3v) is 5.56. The fourth-order valence-corrected chi connectivity index (χ4v) is 4.03. The Bertz CT molecular complexity index is 607. The van der Waals surface area contributed by atoms with Crippen molar-refractivity contribution in [1.29, 1.82) is 5.26 Å². The van der Waals surface area contributed by atoms with Gasteiger partial charge in [0, 0.05) is 13.2 Å². The smallest absolute Gasteiger partial charge is 0.245 e. The van der Waals surface area contributed by atoms with Crippen LogP contribution in [-0.4, -0.2) is 23.7 Å². The van der Waals surface area contributed by atoms with Crippen LogP contribution in [0.3, 0.4) is 0 Å². The lowest BCUT2D eigenvalue weighted by molar-refractivity contribution is 0.259. The average molecular weight is 296 g/mol. The van der Waals surface area contributed by atoms with E-state index in [4.69, 9.17) is 0 Å². The van der Waals surface area contributed by atoms with Gasteiger partial charge in [-0.1, -0.05) is 13.3 Å². The summed E-state index contributed by atoms with van der Waals surface area (Å²) in [6.45, 7) is 2.13. The fraction of sp³-hybridized carbons (Fsp3) is 0.692. The second-order valence-electron chi connectivity index (χ2n) is 5.50. The molecule has 0 aromatic carbocycles. The van der Waals surface area contributed by atoms with Crippen LogP contribution in [0.15, 0.2) is 17.3 Å². The number of aryl methyl sites for hydroxylation is 1. The van der Waals surface area contributed by atoms with E-state index in [1.165, 1.54) is 17.1 Å². The molecule has 0 aliphatic heterocycles. The molecule has 1 N–H and O–H groups in total. The summed E-state index contributed by atoms with van der Waals surface area (Å²) in [5.41, 5.74) is -0.972. The quantitative estimate of drug-likeness (QED) is 0.913. The summed E-state index contributed by atoms with van der Waals surface area (Å²) in [6.07, 6.45) is 6.73. The molecule has 7 heteroatoms. The number of hydrogen-bond donors (Lipinski definition) is 1. The topological polar surface area (TPSA) is 87.8 Å². The lowest BCUT2D eigenvalue weighted by Crippen LogP contribution is -2.49. The summed E-state index contributed by atoms with van der Waals surface area (Å²) in [6, 6.07) is 2.18. The van der Waals surface area contributed by atoms with Gasteiger partial charge in [0.15, 0.2) is 0 Å². The summed E-state index contributed by atoms with van der Waals surface area (Å²) in [7, 11) is -2.03. The van der Waals surface area contributed by atoms with Crippen molar-refractivity contribution in [2.75, 3.05) is 0 Å². The van der Waals surface area contributed by atoms with Crippen LogP contribution in [0, 0.1) is 17.2 Å². The van der Waals surface area contributed by atoms with Crippen molar-refractivity contribution < 1.29 is 8.42 Å². The number of rotatable bonds is 4. The summed E-state index contributed by atoms with van der Waals surface area (Å²) in [5, 5.41) is 13.3. The standard InChI is InChI=1S/C13H20N4O2S/c1-3-11-4-6-13(10-14,7-5-11)16-20(18,19)12-8-15-17(2)9-12/h8-9,11,16H,3-7H2,1-2H3. The Labute approximate surface area is 119 Å². The largest absolute Gasteiger partial charge is 0.274 e. The molecular formula is C13H20N4O2S. The second kappa shape index (κ2) is 5.54. The molecule has 1 aromatic heterocycles. The Morgan fingerprint density at radius 1 is 1.55 bits per heavy atom. The van der Waals surface area contributed by atoms with Gasteiger partial charge in [0.25, 0.3) is 0 Å². The first-order chi connectivity index (χ1) is 9.41. The SMILES string of the molecule is CCC1CCC(C#N)(NS(=O)(=O)c2cnn(C)c2)CC1. The molecule has 1 aliphatic rings. The van der Waals surface area contributed by atoms with Crippen molar-refractivity contribution in [2.45, 2.75) is 49.5 Å². The molecule has 0 unspecified atom stereocenters. The van der Waals surface area contributed by atoms with E-state index >= 15 is 0 Å². The van der Waals surface area contributed by atoms with Gasteiger partial charge in [0.05, 0.1) is 12.3 Å². The number of nitrogens with zero attached hydrogens (tertiary/aromatic N) is 3. The highest BCUT2D eigenvalue weighted by Crippen LogP contribution is 2.34. The Kier molecular flexibility index (Phi) is 4.16. The predicted octanol–water partition coefficient (Wildman–Crippen LogP) is 1.56. The third kappa shape index (κ3) is 3.02. The highest BCUT2D eigenvalue weighted by atomic mass is 32.2. The molecule has 6 nitrogen and oxygen atoms in total. The van der Waals surface area contributed by atoms with E-state index in [9.17, 15) is 13.7 Å². The first kappa shape index (κ1) is 15.0. The minimum atomic E-state index is -3.69. The van der Waals surface area contributed by atoms with E-state index in [1.807, 2.05) is 0 Å². The van der Waals surface area contributed by atoms with Crippen LogP contribution in [0.4, 0.5) is 0 Å². The number of nitrogens with one attached hydrogen (secondary N) is 1. The monoisotopic (exact) mass is 296 g/mol. The van der Waals surface area contributed by atoms with Crippen LogP contribution in [-0.2, 0) is 17.1 Å². The predicted molar refractivity (Wildman–Crippen MR) is 74.1 cm³/mol. The van der Waals surface area contributed by atoms with Crippen molar-refractivity contribution in [3.05, 3.63) is 12.4 Å². The highest BCUT2D eigenvalue weighted by Gasteiger charge is 2.39. The molecule has 2 rings (SSSR count). The molecule has 110 valence electrons. The van der Waals surface area contributed by atoms with Gasteiger partial charge in [-0.3, -0.25) is 4.68 Å². The Hall–Kier alpha value is -1.39. The first-order valence-corrected chi connectivity index (χ1v) is 8.33. The van der Waals surface area contributed by atoms with E-state index in [0.717, 1.165) is 19.3 Å². The van der Waals surface area contributed by atoms with Crippen LogP contribution in [0.5, 0.6) is 0 Å². The van der Waals surface area contributed by atoms with Crippen LogP contribution in [0.2, 0.25) is 0 Å². The molecule has 0 radical (unpaired) electrons. The fourth-order valence-electron chi connectivity index (χ4n) is 2.67. The first-order valence-electron chi connectivity index (χ1n) is 6.85. The van der Waals surface area contributed by atoms with E-state index in [2.05, 4.69) is 22.8 Å². The van der Waals surface area contributed by atoms with Crippen LogP contribution >= 0.6 is 0 Å². The summed E-state index contributed by atoms with van der Waals surface area (Å²) < 4.78 is 28.6. The number of hydrogen-bond acceptors (Lipinski definition) is 4. The maximum absolute atomic E-state index is 12.3. The van der Waals surface area contributed by atoms with Gasteiger partial charge in [-0.2, -0.15) is 15.1 Å². The molecule has 0 atom stereocenters. The summed E-state index contributed by atoms with van der Waals surface area (Å²) >= 11 is 0. The zero-order chi connectivity index (χ0) is 14.8. The molecule has 0 bridgehead atoms. The van der Waals surface area contributed by atoms with Gasteiger partial charge in [-0.15, -0.1) is 0 Å². The average Bonchev–Trinajstić information content (AvgIpc) is 2.87. The normalized spacial score (nSPS) is 27.1. The summed E-state index contributed by atoms with van der Waals surface area (Å²) in [4.78, 5) is 0.104. The Balaban J connectivity index is 2.17. The van der Waals surface area contributed by atoms with E-state index < -0.39 is 15.6 Å². The zero-order valence-corrected chi connectivity index (χ0v) is 12.7. The summed E-state index contributed by atoms with van der Waals surface area (Å²) in [5.74, 6) is 0.597. The Morgan fingerprint density at radius 2 is 2.20 bits per heavy atom. The van der Waals surface area contributed by atoms with Crippen molar-refractivity contribution in [2.24, 2.45) is 13.0 Å². The van der Waals surface area contributed by atoms with Crippen molar-refractivity contribution >= 4 is 10.0 Å². The van der Waals surface area contributed by atoms with Crippen molar-refractivity contribution in [1.82, 2.24) is 14.5 Å². The molecule has 0 spiro atoms. The molecule has 1 aromatic rings. The van der Waals surface area contributed by atoms with Gasteiger partial charge in [-0.25, -0.2) is 8.42 Å². The molecule has 1 heterocycles. The number of nitriles is 1. The van der Waals surface area contributed by atoms with E-state index in [1.54, 1.807) is 7.05 Å².